The molecule has 1 heterocycles. The second-order valence-corrected chi connectivity index (χ2v) is 6.13. The monoisotopic (exact) mass is 275 g/mol. The summed E-state index contributed by atoms with van der Waals surface area (Å²) in [6, 6.07) is 13.3. The molecule has 0 aliphatic carbocycles. The van der Waals surface area contributed by atoms with E-state index in [1.807, 2.05) is 0 Å². The molecule has 0 bridgehead atoms. The lowest BCUT2D eigenvalue weighted by Gasteiger charge is -2.05. The van der Waals surface area contributed by atoms with Crippen molar-refractivity contribution in [2.24, 2.45) is 5.92 Å². The van der Waals surface area contributed by atoms with Gasteiger partial charge in [0.15, 0.2) is 5.69 Å². The van der Waals surface area contributed by atoms with Crippen LogP contribution in [0.4, 0.5) is 5.69 Å². The molecule has 0 amide bonds. The minimum absolute atomic E-state index is 0.392. The van der Waals surface area contributed by atoms with Crippen molar-refractivity contribution in [2.45, 2.75) is 33.5 Å². The normalized spacial score (nSPS) is 18.0. The van der Waals surface area contributed by atoms with Crippen LogP contribution in [0.3, 0.4) is 0 Å². The SMILES string of the molecule is C[B][N+]1=C(C)C(/C=C/C(C)C)c2cc3ccccc3cc21. The first-order valence-electron chi connectivity index (χ1n) is 7.75. The summed E-state index contributed by atoms with van der Waals surface area (Å²) >= 11 is 0. The van der Waals surface area contributed by atoms with Crippen LogP contribution in [0, 0.1) is 5.92 Å². The van der Waals surface area contributed by atoms with Crippen molar-refractivity contribution >= 4 is 29.6 Å². The number of benzene rings is 2. The van der Waals surface area contributed by atoms with E-state index >= 15 is 0 Å². The van der Waals surface area contributed by atoms with E-state index in [1.54, 1.807) is 0 Å². The van der Waals surface area contributed by atoms with E-state index < -0.39 is 0 Å². The zero-order valence-corrected chi connectivity index (χ0v) is 13.3. The predicted molar refractivity (Wildman–Crippen MR) is 92.9 cm³/mol. The van der Waals surface area contributed by atoms with Crippen molar-refractivity contribution in [2.75, 3.05) is 0 Å². The van der Waals surface area contributed by atoms with E-state index in [4.69, 9.17) is 0 Å². The molecule has 0 aromatic heterocycles. The van der Waals surface area contributed by atoms with Gasteiger partial charge in [0.2, 0.25) is 0 Å². The van der Waals surface area contributed by atoms with E-state index in [0.717, 1.165) is 0 Å². The lowest BCUT2D eigenvalue weighted by atomic mass is 9.93. The minimum Gasteiger partial charge on any atom is -0.285 e. The molecule has 0 fully saturated rings. The molecule has 0 spiro atoms. The van der Waals surface area contributed by atoms with Gasteiger partial charge in [0, 0.05) is 18.6 Å². The highest BCUT2D eigenvalue weighted by atomic mass is 15.0. The van der Waals surface area contributed by atoms with Crippen molar-refractivity contribution in [1.82, 2.24) is 0 Å². The molecule has 1 aliphatic rings. The summed E-state index contributed by atoms with van der Waals surface area (Å²) in [6.07, 6.45) is 4.67. The molecular weight excluding hydrogens is 253 g/mol. The zero-order chi connectivity index (χ0) is 15.0. The molecular formula is C19H22BN+. The first-order valence-corrected chi connectivity index (χ1v) is 7.75. The molecule has 105 valence electrons. The summed E-state index contributed by atoms with van der Waals surface area (Å²) in [5, 5.41) is 2.63. The fraction of sp³-hybridized carbons (Fsp3) is 0.316. The van der Waals surface area contributed by atoms with Gasteiger partial charge in [-0.2, -0.15) is 0 Å². The van der Waals surface area contributed by atoms with Crippen molar-refractivity contribution in [1.29, 1.82) is 0 Å². The van der Waals surface area contributed by atoms with Crippen molar-refractivity contribution in [3.63, 3.8) is 0 Å². The topological polar surface area (TPSA) is 3.01 Å². The molecule has 2 heteroatoms. The molecule has 1 radical (unpaired) electrons. The Labute approximate surface area is 128 Å². The van der Waals surface area contributed by atoms with E-state index in [2.05, 4.69) is 88.0 Å². The lowest BCUT2D eigenvalue weighted by molar-refractivity contribution is -0.273. The number of hydrogen-bond acceptors (Lipinski definition) is 0. The summed E-state index contributed by atoms with van der Waals surface area (Å²) in [5.74, 6) is 0.976. The molecule has 1 atom stereocenters. The summed E-state index contributed by atoms with van der Waals surface area (Å²) in [4.78, 5) is 0. The van der Waals surface area contributed by atoms with E-state index in [1.165, 1.54) is 27.7 Å². The van der Waals surface area contributed by atoms with Gasteiger partial charge in [-0.3, -0.25) is 4.49 Å². The quantitative estimate of drug-likeness (QED) is 0.552. The van der Waals surface area contributed by atoms with Crippen molar-refractivity contribution < 1.29 is 4.49 Å². The smallest absolute Gasteiger partial charge is 0.285 e. The van der Waals surface area contributed by atoms with Gasteiger partial charge in [0.25, 0.3) is 0 Å². The molecule has 0 N–H and O–H groups in total. The van der Waals surface area contributed by atoms with Crippen LogP contribution in [-0.4, -0.2) is 17.6 Å². The van der Waals surface area contributed by atoms with Gasteiger partial charge in [-0.25, -0.2) is 0 Å². The highest BCUT2D eigenvalue weighted by Gasteiger charge is 2.34. The lowest BCUT2D eigenvalue weighted by Crippen LogP contribution is -2.14. The van der Waals surface area contributed by atoms with Gasteiger partial charge in [0.1, 0.15) is 5.71 Å². The van der Waals surface area contributed by atoms with Crippen LogP contribution in [0.25, 0.3) is 10.8 Å². The second-order valence-electron chi connectivity index (χ2n) is 6.13. The summed E-state index contributed by atoms with van der Waals surface area (Å²) < 4.78 is 2.33. The first kappa shape index (κ1) is 14.1. The van der Waals surface area contributed by atoms with Crippen molar-refractivity contribution in [3.8, 4) is 0 Å². The standard InChI is InChI=1S/C19H22BN/c1-13(2)9-10-17-14(3)21(20-4)19-12-16-8-6-5-7-15(16)11-18(17)19/h5-13,17H,1-4H3/q+1/b10-9+. The average Bonchev–Trinajstić information content (AvgIpc) is 2.73. The summed E-state index contributed by atoms with van der Waals surface area (Å²) in [6.45, 7) is 8.80. The Balaban J connectivity index is 2.19. The zero-order valence-electron chi connectivity index (χ0n) is 13.3. The van der Waals surface area contributed by atoms with Gasteiger partial charge in [-0.1, -0.05) is 50.3 Å². The minimum atomic E-state index is 0.392. The predicted octanol–water partition coefficient (Wildman–Crippen LogP) is 4.92. The van der Waals surface area contributed by atoms with Crippen LogP contribution in [0.2, 0.25) is 6.82 Å². The number of rotatable bonds is 3. The molecule has 1 nitrogen and oxygen atoms in total. The first-order chi connectivity index (χ1) is 10.1. The molecule has 2 aromatic rings. The highest BCUT2D eigenvalue weighted by Crippen LogP contribution is 2.38. The Morgan fingerprint density at radius 2 is 1.81 bits per heavy atom. The molecule has 1 aliphatic heterocycles. The second kappa shape index (κ2) is 5.52. The Kier molecular flexibility index (Phi) is 3.71. The maximum atomic E-state index is 2.36. The number of hydrogen-bond donors (Lipinski definition) is 0. The number of nitrogens with zero attached hydrogens (tertiary/aromatic N) is 1. The fourth-order valence-electron chi connectivity index (χ4n) is 3.19. The summed E-state index contributed by atoms with van der Waals surface area (Å²) in [5.41, 5.74) is 4.13. The van der Waals surface area contributed by atoms with Crippen LogP contribution < -0.4 is 0 Å². The highest BCUT2D eigenvalue weighted by molar-refractivity contribution is 6.26. The average molecular weight is 275 g/mol. The third-order valence-electron chi connectivity index (χ3n) is 4.27. The number of fused-ring (bicyclic) bond motifs is 2. The van der Waals surface area contributed by atoms with Crippen LogP contribution >= 0.6 is 0 Å². The molecule has 3 rings (SSSR count). The molecule has 0 saturated carbocycles. The van der Waals surface area contributed by atoms with E-state index in [-0.39, 0.29) is 0 Å². The largest absolute Gasteiger partial charge is 0.536 e. The Morgan fingerprint density at radius 3 is 2.43 bits per heavy atom. The van der Waals surface area contributed by atoms with Crippen LogP contribution in [-0.2, 0) is 0 Å². The third kappa shape index (κ3) is 2.44. The van der Waals surface area contributed by atoms with Crippen molar-refractivity contribution in [3.05, 3.63) is 54.1 Å². The maximum absolute atomic E-state index is 2.36. The Morgan fingerprint density at radius 1 is 1.14 bits per heavy atom. The summed E-state index contributed by atoms with van der Waals surface area (Å²) in [7, 11) is 2.17. The van der Waals surface area contributed by atoms with E-state index in [9.17, 15) is 0 Å². The van der Waals surface area contributed by atoms with Gasteiger partial charge >= 0.3 is 7.41 Å². The Hall–Kier alpha value is -1.83. The number of allylic oxidation sites excluding steroid dienone is 2. The molecule has 21 heavy (non-hydrogen) atoms. The van der Waals surface area contributed by atoms with Crippen LogP contribution in [0.5, 0.6) is 0 Å². The third-order valence-corrected chi connectivity index (χ3v) is 4.27. The van der Waals surface area contributed by atoms with Crippen LogP contribution in [0.1, 0.15) is 32.3 Å². The maximum Gasteiger partial charge on any atom is 0.536 e. The van der Waals surface area contributed by atoms with Gasteiger partial charge in [-0.05, 0) is 29.6 Å². The van der Waals surface area contributed by atoms with Gasteiger partial charge < -0.3 is 0 Å². The fourth-order valence-corrected chi connectivity index (χ4v) is 3.19. The molecule has 1 unspecified atom stereocenters. The molecule has 0 saturated heterocycles. The van der Waals surface area contributed by atoms with Crippen LogP contribution in [0.15, 0.2) is 48.6 Å². The Bertz CT molecular complexity index is 740. The van der Waals surface area contributed by atoms with E-state index in [0.29, 0.717) is 11.8 Å². The van der Waals surface area contributed by atoms with Gasteiger partial charge in [0.05, 0.1) is 5.92 Å². The molecule has 2 aromatic carbocycles. The van der Waals surface area contributed by atoms with Gasteiger partial charge in [-0.15, -0.1) is 0 Å².